The summed E-state index contributed by atoms with van der Waals surface area (Å²) in [5.74, 6) is -1.32. The predicted molar refractivity (Wildman–Crippen MR) is 43.8 cm³/mol. The van der Waals surface area contributed by atoms with E-state index in [1.165, 1.54) is 0 Å². The Kier molecular flexibility index (Phi) is 2.94. The number of hydrogen-bond acceptors (Lipinski definition) is 3. The van der Waals surface area contributed by atoms with E-state index < -0.39 is 23.9 Å². The van der Waals surface area contributed by atoms with Crippen molar-refractivity contribution in [3.63, 3.8) is 0 Å². The second kappa shape index (κ2) is 3.85. The average molecular weight is 220 g/mol. The van der Waals surface area contributed by atoms with Crippen LogP contribution in [0.5, 0.6) is 0 Å². The second-order valence-corrected chi connectivity index (χ2v) is 2.79. The van der Waals surface area contributed by atoms with E-state index in [0.717, 1.165) is 12.3 Å². The van der Waals surface area contributed by atoms with Gasteiger partial charge in [-0.2, -0.15) is 13.2 Å². The van der Waals surface area contributed by atoms with Crippen molar-refractivity contribution in [1.82, 2.24) is 4.98 Å². The first-order valence-corrected chi connectivity index (χ1v) is 3.84. The summed E-state index contributed by atoms with van der Waals surface area (Å²) in [5, 5.41) is 8.49. The lowest BCUT2D eigenvalue weighted by atomic mass is 10.1. The second-order valence-electron chi connectivity index (χ2n) is 2.79. The van der Waals surface area contributed by atoms with Gasteiger partial charge in [-0.3, -0.25) is 9.78 Å². The Morgan fingerprint density at radius 1 is 1.47 bits per heavy atom. The standard InChI is InChI=1S/C8H7F3N2O2/c9-8(10,11)5-2-1-4(3-13-5)6(12)7(14)15/h1-3,6H,12H2,(H,14,15)/t6-/m0/s1. The summed E-state index contributed by atoms with van der Waals surface area (Å²) >= 11 is 0. The highest BCUT2D eigenvalue weighted by Crippen LogP contribution is 2.27. The number of nitrogens with two attached hydrogens (primary N) is 1. The monoisotopic (exact) mass is 220 g/mol. The van der Waals surface area contributed by atoms with Crippen molar-refractivity contribution >= 4 is 5.97 Å². The third-order valence-corrected chi connectivity index (χ3v) is 1.70. The maximum Gasteiger partial charge on any atom is 0.433 e. The van der Waals surface area contributed by atoms with Gasteiger partial charge < -0.3 is 10.8 Å². The summed E-state index contributed by atoms with van der Waals surface area (Å²) < 4.78 is 36.2. The molecule has 0 saturated heterocycles. The summed E-state index contributed by atoms with van der Waals surface area (Å²) in [4.78, 5) is 13.5. The smallest absolute Gasteiger partial charge is 0.433 e. The van der Waals surface area contributed by atoms with Crippen molar-refractivity contribution < 1.29 is 23.1 Å². The highest BCUT2D eigenvalue weighted by Gasteiger charge is 2.32. The Balaban J connectivity index is 2.95. The van der Waals surface area contributed by atoms with Crippen LogP contribution in [0.25, 0.3) is 0 Å². The van der Waals surface area contributed by atoms with Crippen LogP contribution in [0, 0.1) is 0 Å². The lowest BCUT2D eigenvalue weighted by Crippen LogP contribution is -2.21. The molecule has 0 saturated carbocycles. The summed E-state index contributed by atoms with van der Waals surface area (Å²) in [6, 6.07) is 0.326. The zero-order valence-corrected chi connectivity index (χ0v) is 7.32. The van der Waals surface area contributed by atoms with Gasteiger partial charge in [-0.05, 0) is 11.6 Å². The molecular weight excluding hydrogens is 213 g/mol. The molecule has 0 aromatic carbocycles. The molecule has 0 aliphatic carbocycles. The first-order valence-electron chi connectivity index (χ1n) is 3.84. The Hall–Kier alpha value is -1.63. The number of carboxylic acids is 1. The molecule has 1 aromatic heterocycles. The molecule has 7 heteroatoms. The minimum Gasteiger partial charge on any atom is -0.480 e. The average Bonchev–Trinajstić information content (AvgIpc) is 2.15. The van der Waals surface area contributed by atoms with E-state index in [9.17, 15) is 18.0 Å². The fourth-order valence-electron chi connectivity index (χ4n) is 0.900. The van der Waals surface area contributed by atoms with Gasteiger partial charge in [-0.1, -0.05) is 6.07 Å². The minimum absolute atomic E-state index is 0.0236. The van der Waals surface area contributed by atoms with Gasteiger partial charge >= 0.3 is 12.1 Å². The van der Waals surface area contributed by atoms with E-state index in [1.54, 1.807) is 0 Å². The molecule has 1 rings (SSSR count). The summed E-state index contributed by atoms with van der Waals surface area (Å²) in [6.07, 6.45) is -3.73. The Labute approximate surface area is 82.5 Å². The highest BCUT2D eigenvalue weighted by molar-refractivity contribution is 5.74. The third kappa shape index (κ3) is 2.66. The molecule has 1 heterocycles. The molecule has 0 bridgehead atoms. The zero-order chi connectivity index (χ0) is 11.6. The van der Waals surface area contributed by atoms with E-state index in [2.05, 4.69) is 4.98 Å². The molecule has 0 amide bonds. The van der Waals surface area contributed by atoms with Gasteiger partial charge in [-0.25, -0.2) is 0 Å². The van der Waals surface area contributed by atoms with Gasteiger partial charge in [0, 0.05) is 6.20 Å². The number of carbonyl (C=O) groups is 1. The van der Waals surface area contributed by atoms with Gasteiger partial charge in [-0.15, -0.1) is 0 Å². The molecule has 0 unspecified atom stereocenters. The first-order chi connectivity index (χ1) is 6.82. The van der Waals surface area contributed by atoms with Crippen LogP contribution in [0.15, 0.2) is 18.3 Å². The number of alkyl halides is 3. The number of hydrogen-bond donors (Lipinski definition) is 2. The maximum atomic E-state index is 12.1. The third-order valence-electron chi connectivity index (χ3n) is 1.70. The Bertz CT molecular complexity index is 361. The molecule has 0 spiro atoms. The highest BCUT2D eigenvalue weighted by atomic mass is 19.4. The maximum absolute atomic E-state index is 12.1. The molecular formula is C8H7F3N2O2. The molecule has 15 heavy (non-hydrogen) atoms. The quantitative estimate of drug-likeness (QED) is 0.784. The first kappa shape index (κ1) is 11.4. The number of halogens is 3. The molecule has 0 radical (unpaired) electrons. The largest absolute Gasteiger partial charge is 0.480 e. The van der Waals surface area contributed by atoms with Gasteiger partial charge in [0.2, 0.25) is 0 Å². The lowest BCUT2D eigenvalue weighted by Gasteiger charge is -2.08. The molecule has 0 fully saturated rings. The Morgan fingerprint density at radius 2 is 2.07 bits per heavy atom. The molecule has 3 N–H and O–H groups in total. The molecule has 4 nitrogen and oxygen atoms in total. The Morgan fingerprint density at radius 3 is 2.40 bits per heavy atom. The number of rotatable bonds is 2. The van der Waals surface area contributed by atoms with Crippen LogP contribution in [0.3, 0.4) is 0 Å². The summed E-state index contributed by atoms with van der Waals surface area (Å²) in [6.45, 7) is 0. The number of pyridine rings is 1. The van der Waals surface area contributed by atoms with Crippen LogP contribution in [0.2, 0.25) is 0 Å². The number of carboxylic acid groups (broad SMARTS) is 1. The van der Waals surface area contributed by atoms with Gasteiger partial charge in [0.1, 0.15) is 11.7 Å². The van der Waals surface area contributed by atoms with E-state index in [4.69, 9.17) is 10.8 Å². The van der Waals surface area contributed by atoms with Crippen molar-refractivity contribution in [3.05, 3.63) is 29.6 Å². The van der Waals surface area contributed by atoms with Crippen molar-refractivity contribution in [3.8, 4) is 0 Å². The summed E-state index contributed by atoms with van der Waals surface area (Å²) in [5.41, 5.74) is 4.12. The molecule has 0 aliphatic heterocycles. The van der Waals surface area contributed by atoms with E-state index in [-0.39, 0.29) is 5.56 Å². The minimum atomic E-state index is -4.54. The van der Waals surface area contributed by atoms with Crippen LogP contribution in [-0.2, 0) is 11.0 Å². The van der Waals surface area contributed by atoms with Gasteiger partial charge in [0.05, 0.1) is 0 Å². The van der Waals surface area contributed by atoms with Crippen molar-refractivity contribution in [2.45, 2.75) is 12.2 Å². The van der Waals surface area contributed by atoms with Gasteiger partial charge in [0.25, 0.3) is 0 Å². The zero-order valence-electron chi connectivity index (χ0n) is 7.32. The normalized spacial score (nSPS) is 13.6. The molecule has 1 atom stereocenters. The summed E-state index contributed by atoms with van der Waals surface area (Å²) in [7, 11) is 0. The van der Waals surface area contributed by atoms with Crippen molar-refractivity contribution in [2.75, 3.05) is 0 Å². The van der Waals surface area contributed by atoms with Crippen LogP contribution >= 0.6 is 0 Å². The van der Waals surface area contributed by atoms with Crippen LogP contribution in [-0.4, -0.2) is 16.1 Å². The number of aliphatic carboxylic acids is 1. The molecule has 82 valence electrons. The SMILES string of the molecule is N[C@H](C(=O)O)c1ccc(C(F)(F)F)nc1. The predicted octanol–water partition coefficient (Wildman–Crippen LogP) is 1.18. The lowest BCUT2D eigenvalue weighted by molar-refractivity contribution is -0.141. The van der Waals surface area contributed by atoms with Crippen LogP contribution in [0.4, 0.5) is 13.2 Å². The van der Waals surface area contributed by atoms with Crippen molar-refractivity contribution in [2.24, 2.45) is 5.73 Å². The fraction of sp³-hybridized carbons (Fsp3) is 0.250. The van der Waals surface area contributed by atoms with Crippen LogP contribution < -0.4 is 5.73 Å². The van der Waals surface area contributed by atoms with E-state index in [0.29, 0.717) is 6.07 Å². The topological polar surface area (TPSA) is 76.2 Å². The fourth-order valence-corrected chi connectivity index (χ4v) is 0.900. The van der Waals surface area contributed by atoms with E-state index >= 15 is 0 Å². The number of aromatic nitrogens is 1. The molecule has 1 aromatic rings. The van der Waals surface area contributed by atoms with Crippen molar-refractivity contribution in [1.29, 1.82) is 0 Å². The molecule has 0 aliphatic rings. The van der Waals surface area contributed by atoms with Crippen LogP contribution in [0.1, 0.15) is 17.3 Å². The number of nitrogens with zero attached hydrogens (tertiary/aromatic N) is 1. The van der Waals surface area contributed by atoms with E-state index in [1.807, 2.05) is 0 Å². The van der Waals surface area contributed by atoms with Gasteiger partial charge in [0.15, 0.2) is 0 Å².